The lowest BCUT2D eigenvalue weighted by Crippen LogP contribution is -2.15. The molecule has 0 fully saturated rings. The summed E-state index contributed by atoms with van der Waals surface area (Å²) in [5.41, 5.74) is 0.0862. The summed E-state index contributed by atoms with van der Waals surface area (Å²) in [5, 5.41) is 4.47. The van der Waals surface area contributed by atoms with Crippen molar-refractivity contribution < 1.29 is 13.6 Å². The van der Waals surface area contributed by atoms with Crippen molar-refractivity contribution in [2.75, 3.05) is 5.32 Å². The van der Waals surface area contributed by atoms with E-state index in [9.17, 15) is 13.6 Å². The summed E-state index contributed by atoms with van der Waals surface area (Å²) in [6.07, 6.45) is 0. The van der Waals surface area contributed by atoms with Gasteiger partial charge in [0.05, 0.1) is 14.4 Å². The summed E-state index contributed by atoms with van der Waals surface area (Å²) >= 11 is 6.06. The van der Waals surface area contributed by atoms with Crippen molar-refractivity contribution in [3.63, 3.8) is 0 Å². The van der Waals surface area contributed by atoms with Gasteiger partial charge in [-0.2, -0.15) is 0 Å². The lowest BCUT2D eigenvalue weighted by Gasteiger charge is -2.04. The van der Waals surface area contributed by atoms with Gasteiger partial charge in [0, 0.05) is 5.38 Å². The minimum Gasteiger partial charge on any atom is -0.298 e. The number of thiophene rings is 1. The van der Waals surface area contributed by atoms with Crippen molar-refractivity contribution in [3.8, 4) is 10.6 Å². The Balaban J connectivity index is 1.82. The zero-order valence-corrected chi connectivity index (χ0v) is 14.0. The molecular weight excluding hydrogens is 394 g/mol. The van der Waals surface area contributed by atoms with E-state index in [1.165, 1.54) is 28.7 Å². The lowest BCUT2D eigenvalue weighted by atomic mass is 10.2. The minimum absolute atomic E-state index is 0.284. The Morgan fingerprint density at radius 3 is 2.55 bits per heavy atom. The van der Waals surface area contributed by atoms with Crippen LogP contribution in [0.15, 0.2) is 39.5 Å². The number of hydrogen-bond acceptors (Lipinski definition) is 4. The first-order valence-corrected chi connectivity index (χ1v) is 8.50. The molecule has 1 aromatic carbocycles. The molecule has 1 amide bonds. The van der Waals surface area contributed by atoms with Crippen molar-refractivity contribution in [2.45, 2.75) is 0 Å². The number of carbonyl (C=O) groups excluding carboxylic acids is 1. The number of anilines is 1. The minimum atomic E-state index is -0.906. The summed E-state index contributed by atoms with van der Waals surface area (Å²) < 4.78 is 28.1. The van der Waals surface area contributed by atoms with Gasteiger partial charge in [-0.15, -0.1) is 22.7 Å². The number of amides is 1. The monoisotopic (exact) mass is 400 g/mol. The molecule has 0 spiro atoms. The van der Waals surface area contributed by atoms with Gasteiger partial charge in [-0.25, -0.2) is 13.8 Å². The number of thiazole rings is 1. The summed E-state index contributed by atoms with van der Waals surface area (Å²) in [7, 11) is 0. The average molecular weight is 401 g/mol. The third-order valence-corrected chi connectivity index (χ3v) is 5.14. The molecule has 3 nitrogen and oxygen atoms in total. The molecule has 0 radical (unpaired) electrons. The number of nitrogens with one attached hydrogen (secondary N) is 1. The first-order valence-electron chi connectivity index (χ1n) is 6.01. The van der Waals surface area contributed by atoms with Crippen molar-refractivity contribution in [1.82, 2.24) is 4.98 Å². The highest BCUT2D eigenvalue weighted by atomic mass is 79.9. The second-order valence-corrected chi connectivity index (χ2v) is 7.51. The molecule has 0 saturated heterocycles. The molecule has 112 valence electrons. The molecule has 0 aliphatic heterocycles. The van der Waals surface area contributed by atoms with E-state index >= 15 is 0 Å². The van der Waals surface area contributed by atoms with Crippen LogP contribution in [0.25, 0.3) is 10.6 Å². The maximum absolute atomic E-state index is 13.6. The third kappa shape index (κ3) is 3.08. The van der Waals surface area contributed by atoms with Gasteiger partial charge in [-0.05, 0) is 40.2 Å². The molecular formula is C14H7BrF2N2OS2. The predicted molar refractivity (Wildman–Crippen MR) is 87.4 cm³/mol. The average Bonchev–Trinajstić information content (AvgIpc) is 3.07. The molecule has 0 aliphatic carbocycles. The lowest BCUT2D eigenvalue weighted by molar-refractivity contribution is 0.101. The Morgan fingerprint density at radius 2 is 1.91 bits per heavy atom. The molecule has 3 rings (SSSR count). The fourth-order valence-electron chi connectivity index (χ4n) is 1.77. The first-order chi connectivity index (χ1) is 10.5. The summed E-state index contributed by atoms with van der Waals surface area (Å²) in [6, 6.07) is 7.07. The molecule has 0 atom stereocenters. The number of hydrogen-bond donors (Lipinski definition) is 1. The van der Waals surface area contributed by atoms with E-state index in [2.05, 4.69) is 26.2 Å². The van der Waals surface area contributed by atoms with Gasteiger partial charge in [0.1, 0.15) is 17.2 Å². The van der Waals surface area contributed by atoms with E-state index in [1.54, 1.807) is 5.38 Å². The van der Waals surface area contributed by atoms with Gasteiger partial charge >= 0.3 is 0 Å². The number of rotatable bonds is 3. The molecule has 1 N–H and O–H groups in total. The number of halogens is 3. The molecule has 8 heteroatoms. The molecule has 0 bridgehead atoms. The van der Waals surface area contributed by atoms with Crippen LogP contribution in [-0.4, -0.2) is 10.9 Å². The second kappa shape index (κ2) is 6.23. The quantitative estimate of drug-likeness (QED) is 0.659. The van der Waals surface area contributed by atoms with Crippen LogP contribution in [0.4, 0.5) is 13.9 Å². The molecule has 2 aromatic heterocycles. The Bertz CT molecular complexity index is 827. The van der Waals surface area contributed by atoms with E-state index in [-0.39, 0.29) is 5.13 Å². The highest BCUT2D eigenvalue weighted by molar-refractivity contribution is 9.11. The summed E-state index contributed by atoms with van der Waals surface area (Å²) in [4.78, 5) is 17.2. The third-order valence-electron chi connectivity index (χ3n) is 2.74. The molecule has 22 heavy (non-hydrogen) atoms. The molecule has 0 aliphatic rings. The largest absolute Gasteiger partial charge is 0.298 e. The predicted octanol–water partition coefficient (Wildman–Crippen LogP) is 5.16. The fraction of sp³-hybridized carbons (Fsp3) is 0. The van der Waals surface area contributed by atoms with Gasteiger partial charge in [-0.3, -0.25) is 10.1 Å². The highest BCUT2D eigenvalue weighted by Gasteiger charge is 2.18. The van der Waals surface area contributed by atoms with Crippen LogP contribution in [0.5, 0.6) is 0 Å². The second-order valence-electron chi connectivity index (χ2n) is 4.19. The van der Waals surface area contributed by atoms with Gasteiger partial charge in [0.25, 0.3) is 5.91 Å². The molecule has 0 saturated carbocycles. The summed E-state index contributed by atoms with van der Waals surface area (Å²) in [6.45, 7) is 0. The molecule has 0 unspecified atom stereocenters. The van der Waals surface area contributed by atoms with E-state index in [1.807, 2.05) is 12.1 Å². The van der Waals surface area contributed by atoms with E-state index < -0.39 is 23.1 Å². The van der Waals surface area contributed by atoms with Crippen LogP contribution < -0.4 is 5.32 Å². The van der Waals surface area contributed by atoms with E-state index in [4.69, 9.17) is 0 Å². The van der Waals surface area contributed by atoms with Crippen LogP contribution in [0.2, 0.25) is 0 Å². The first kappa shape index (κ1) is 15.3. The maximum Gasteiger partial charge on any atom is 0.263 e. The van der Waals surface area contributed by atoms with Gasteiger partial charge in [0.15, 0.2) is 5.13 Å². The standard InChI is InChI=1S/C14H7BrF2N2OS2/c15-11-5-4-10(22-11)9-6-21-14(18-9)19-13(20)12-7(16)2-1-3-8(12)17/h1-6H,(H,18,19,20). The van der Waals surface area contributed by atoms with Crippen LogP contribution in [-0.2, 0) is 0 Å². The van der Waals surface area contributed by atoms with E-state index in [0.717, 1.165) is 20.8 Å². The van der Waals surface area contributed by atoms with Crippen molar-refractivity contribution in [2.24, 2.45) is 0 Å². The van der Waals surface area contributed by atoms with Crippen LogP contribution in [0, 0.1) is 11.6 Å². The van der Waals surface area contributed by atoms with Crippen molar-refractivity contribution in [1.29, 1.82) is 0 Å². The van der Waals surface area contributed by atoms with Crippen LogP contribution >= 0.6 is 38.6 Å². The normalized spacial score (nSPS) is 10.7. The molecule has 3 aromatic rings. The highest BCUT2D eigenvalue weighted by Crippen LogP contribution is 2.33. The zero-order chi connectivity index (χ0) is 15.7. The fourth-order valence-corrected chi connectivity index (χ4v) is 3.90. The Morgan fingerprint density at radius 1 is 1.18 bits per heavy atom. The van der Waals surface area contributed by atoms with Crippen LogP contribution in [0.1, 0.15) is 10.4 Å². The van der Waals surface area contributed by atoms with Gasteiger partial charge in [0.2, 0.25) is 0 Å². The Kier molecular flexibility index (Phi) is 4.32. The number of carbonyl (C=O) groups is 1. The smallest absolute Gasteiger partial charge is 0.263 e. The van der Waals surface area contributed by atoms with Crippen LogP contribution in [0.3, 0.4) is 0 Å². The topological polar surface area (TPSA) is 42.0 Å². The SMILES string of the molecule is O=C(Nc1nc(-c2ccc(Br)s2)cs1)c1c(F)cccc1F. The van der Waals surface area contributed by atoms with Gasteiger partial charge in [-0.1, -0.05) is 6.07 Å². The molecule has 2 heterocycles. The zero-order valence-electron chi connectivity index (χ0n) is 10.8. The Labute approximate surface area is 140 Å². The van der Waals surface area contributed by atoms with Gasteiger partial charge < -0.3 is 0 Å². The van der Waals surface area contributed by atoms with E-state index in [0.29, 0.717) is 5.69 Å². The summed E-state index contributed by atoms with van der Waals surface area (Å²) in [5.74, 6) is -2.67. The number of aromatic nitrogens is 1. The number of benzene rings is 1. The maximum atomic E-state index is 13.6. The number of nitrogens with zero attached hydrogens (tertiary/aromatic N) is 1. The van der Waals surface area contributed by atoms with Crippen molar-refractivity contribution >= 4 is 49.6 Å². The Hall–Kier alpha value is -1.64. The van der Waals surface area contributed by atoms with Crippen molar-refractivity contribution in [3.05, 3.63) is 56.7 Å².